The molecule has 16 heavy (non-hydrogen) atoms. The summed E-state index contributed by atoms with van der Waals surface area (Å²) >= 11 is 0. The SMILES string of the molecule is Cc1cccc(CCC(=O)N(C)CC#N)c1. The van der Waals surface area contributed by atoms with Crippen LogP contribution >= 0.6 is 0 Å². The number of nitriles is 1. The molecule has 3 nitrogen and oxygen atoms in total. The van der Waals surface area contributed by atoms with Crippen molar-refractivity contribution in [1.82, 2.24) is 4.90 Å². The molecule has 0 aliphatic heterocycles. The molecule has 0 fully saturated rings. The maximum atomic E-state index is 11.6. The molecule has 0 N–H and O–H groups in total. The van der Waals surface area contributed by atoms with E-state index in [0.717, 1.165) is 6.42 Å². The smallest absolute Gasteiger partial charge is 0.223 e. The number of nitrogens with zero attached hydrogens (tertiary/aromatic N) is 2. The van der Waals surface area contributed by atoms with Crippen molar-refractivity contribution in [2.75, 3.05) is 13.6 Å². The molecule has 1 rings (SSSR count). The van der Waals surface area contributed by atoms with Crippen LogP contribution in [0.5, 0.6) is 0 Å². The van der Waals surface area contributed by atoms with E-state index in [4.69, 9.17) is 5.26 Å². The number of benzene rings is 1. The van der Waals surface area contributed by atoms with E-state index >= 15 is 0 Å². The highest BCUT2D eigenvalue weighted by Gasteiger charge is 2.07. The first-order valence-corrected chi connectivity index (χ1v) is 5.30. The highest BCUT2D eigenvalue weighted by molar-refractivity contribution is 5.76. The first kappa shape index (κ1) is 12.3. The van der Waals surface area contributed by atoms with E-state index in [1.54, 1.807) is 7.05 Å². The minimum Gasteiger partial charge on any atom is -0.332 e. The average Bonchev–Trinajstić information content (AvgIpc) is 2.26. The molecule has 0 saturated carbocycles. The van der Waals surface area contributed by atoms with Crippen molar-refractivity contribution >= 4 is 5.91 Å². The van der Waals surface area contributed by atoms with Crippen LogP contribution in [0.15, 0.2) is 24.3 Å². The van der Waals surface area contributed by atoms with Gasteiger partial charge < -0.3 is 4.90 Å². The van der Waals surface area contributed by atoms with Gasteiger partial charge in [-0.2, -0.15) is 5.26 Å². The molecule has 0 saturated heterocycles. The Morgan fingerprint density at radius 2 is 2.25 bits per heavy atom. The summed E-state index contributed by atoms with van der Waals surface area (Å²) in [6.07, 6.45) is 1.19. The number of carbonyl (C=O) groups excluding carboxylic acids is 1. The molecule has 0 unspecified atom stereocenters. The van der Waals surface area contributed by atoms with E-state index in [2.05, 4.69) is 6.07 Å². The second-order valence-corrected chi connectivity index (χ2v) is 3.90. The van der Waals surface area contributed by atoms with Gasteiger partial charge in [0.05, 0.1) is 6.07 Å². The number of hydrogen-bond acceptors (Lipinski definition) is 2. The van der Waals surface area contributed by atoms with Crippen molar-refractivity contribution in [3.8, 4) is 6.07 Å². The second-order valence-electron chi connectivity index (χ2n) is 3.90. The molecule has 0 radical (unpaired) electrons. The van der Waals surface area contributed by atoms with Gasteiger partial charge in [-0.3, -0.25) is 4.79 Å². The van der Waals surface area contributed by atoms with E-state index in [0.29, 0.717) is 6.42 Å². The lowest BCUT2D eigenvalue weighted by atomic mass is 10.1. The summed E-state index contributed by atoms with van der Waals surface area (Å²) in [6.45, 7) is 2.19. The molecular formula is C13H16N2O. The van der Waals surface area contributed by atoms with Crippen LogP contribution in [0.4, 0.5) is 0 Å². The number of hydrogen-bond donors (Lipinski definition) is 0. The third-order valence-electron chi connectivity index (χ3n) is 2.44. The van der Waals surface area contributed by atoms with Gasteiger partial charge in [0.25, 0.3) is 0 Å². The van der Waals surface area contributed by atoms with Gasteiger partial charge in [0.15, 0.2) is 0 Å². The first-order valence-electron chi connectivity index (χ1n) is 5.30. The Kier molecular flexibility index (Phi) is 4.53. The maximum Gasteiger partial charge on any atom is 0.223 e. The van der Waals surface area contributed by atoms with E-state index in [1.807, 2.05) is 31.2 Å². The minimum atomic E-state index is 0.0167. The topological polar surface area (TPSA) is 44.1 Å². The standard InChI is InChI=1S/C13H16N2O/c1-11-4-3-5-12(10-11)6-7-13(16)15(2)9-8-14/h3-5,10H,6-7,9H2,1-2H3. The molecule has 3 heteroatoms. The van der Waals surface area contributed by atoms with Crippen molar-refractivity contribution in [3.63, 3.8) is 0 Å². The van der Waals surface area contributed by atoms with Gasteiger partial charge in [-0.15, -0.1) is 0 Å². The lowest BCUT2D eigenvalue weighted by Gasteiger charge is -2.12. The lowest BCUT2D eigenvalue weighted by Crippen LogP contribution is -2.27. The van der Waals surface area contributed by atoms with Crippen molar-refractivity contribution in [3.05, 3.63) is 35.4 Å². The molecule has 0 spiro atoms. The molecule has 0 bridgehead atoms. The molecule has 0 heterocycles. The van der Waals surface area contributed by atoms with Crippen molar-refractivity contribution in [2.45, 2.75) is 19.8 Å². The molecule has 1 amide bonds. The number of amides is 1. The average molecular weight is 216 g/mol. The molecule has 1 aromatic carbocycles. The van der Waals surface area contributed by atoms with Crippen LogP contribution in [0.3, 0.4) is 0 Å². The minimum absolute atomic E-state index is 0.0167. The van der Waals surface area contributed by atoms with Gasteiger partial charge in [-0.1, -0.05) is 29.8 Å². The van der Waals surface area contributed by atoms with Gasteiger partial charge in [-0.25, -0.2) is 0 Å². The summed E-state index contributed by atoms with van der Waals surface area (Å²) in [5.74, 6) is 0.0167. The summed E-state index contributed by atoms with van der Waals surface area (Å²) in [6, 6.07) is 10.1. The third kappa shape index (κ3) is 3.74. The van der Waals surface area contributed by atoms with Crippen LogP contribution in [0.1, 0.15) is 17.5 Å². The molecular weight excluding hydrogens is 200 g/mol. The van der Waals surface area contributed by atoms with E-state index in [9.17, 15) is 4.79 Å². The zero-order valence-corrected chi connectivity index (χ0v) is 9.73. The Morgan fingerprint density at radius 1 is 1.50 bits per heavy atom. The Morgan fingerprint density at radius 3 is 2.88 bits per heavy atom. The fourth-order valence-corrected chi connectivity index (χ4v) is 1.50. The van der Waals surface area contributed by atoms with Gasteiger partial charge in [0.1, 0.15) is 6.54 Å². The van der Waals surface area contributed by atoms with Gasteiger partial charge in [0, 0.05) is 13.5 Å². The monoisotopic (exact) mass is 216 g/mol. The highest BCUT2D eigenvalue weighted by atomic mass is 16.2. The Balaban J connectivity index is 2.46. The second kappa shape index (κ2) is 5.92. The summed E-state index contributed by atoms with van der Waals surface area (Å²) in [4.78, 5) is 13.0. The predicted molar refractivity (Wildman–Crippen MR) is 62.8 cm³/mol. The zero-order valence-electron chi connectivity index (χ0n) is 9.73. The van der Waals surface area contributed by atoms with Crippen molar-refractivity contribution in [2.24, 2.45) is 0 Å². The van der Waals surface area contributed by atoms with E-state index < -0.39 is 0 Å². The lowest BCUT2D eigenvalue weighted by molar-refractivity contribution is -0.129. The molecule has 0 aliphatic carbocycles. The quantitative estimate of drug-likeness (QED) is 0.722. The molecule has 1 aromatic rings. The van der Waals surface area contributed by atoms with Crippen LogP contribution < -0.4 is 0 Å². The van der Waals surface area contributed by atoms with E-state index in [1.165, 1.54) is 16.0 Å². The van der Waals surface area contributed by atoms with Crippen molar-refractivity contribution < 1.29 is 4.79 Å². The Hall–Kier alpha value is -1.82. The fraction of sp³-hybridized carbons (Fsp3) is 0.385. The fourth-order valence-electron chi connectivity index (χ4n) is 1.50. The molecule has 0 aliphatic rings. The summed E-state index contributed by atoms with van der Waals surface area (Å²) in [5, 5.41) is 8.46. The predicted octanol–water partition coefficient (Wildman–Crippen LogP) is 1.91. The van der Waals surface area contributed by atoms with Crippen LogP contribution in [0.2, 0.25) is 0 Å². The van der Waals surface area contributed by atoms with Crippen molar-refractivity contribution in [1.29, 1.82) is 5.26 Å². The molecule has 0 atom stereocenters. The number of aryl methyl sites for hydroxylation is 2. The maximum absolute atomic E-state index is 11.6. The van der Waals surface area contributed by atoms with Crippen LogP contribution in [0.25, 0.3) is 0 Å². The van der Waals surface area contributed by atoms with Crippen LogP contribution in [-0.4, -0.2) is 24.4 Å². The first-order chi connectivity index (χ1) is 7.63. The normalized spacial score (nSPS) is 9.56. The summed E-state index contributed by atoms with van der Waals surface area (Å²) in [5.41, 5.74) is 2.37. The Bertz CT molecular complexity index is 407. The van der Waals surface area contributed by atoms with Gasteiger partial charge in [0.2, 0.25) is 5.91 Å². The Labute approximate surface area is 96.3 Å². The molecule has 84 valence electrons. The largest absolute Gasteiger partial charge is 0.332 e. The van der Waals surface area contributed by atoms with E-state index in [-0.39, 0.29) is 12.5 Å². The summed E-state index contributed by atoms with van der Waals surface area (Å²) in [7, 11) is 1.65. The van der Waals surface area contributed by atoms with Crippen LogP contribution in [0, 0.1) is 18.3 Å². The highest BCUT2D eigenvalue weighted by Crippen LogP contribution is 2.07. The summed E-state index contributed by atoms with van der Waals surface area (Å²) < 4.78 is 0. The number of carbonyl (C=O) groups is 1. The van der Waals surface area contributed by atoms with Crippen LogP contribution in [-0.2, 0) is 11.2 Å². The number of rotatable bonds is 4. The van der Waals surface area contributed by atoms with Gasteiger partial charge >= 0.3 is 0 Å². The van der Waals surface area contributed by atoms with Gasteiger partial charge in [-0.05, 0) is 18.9 Å². The molecule has 0 aromatic heterocycles. The zero-order chi connectivity index (χ0) is 12.0. The third-order valence-corrected chi connectivity index (χ3v) is 2.44.